The summed E-state index contributed by atoms with van der Waals surface area (Å²) in [5.41, 5.74) is 8.45. The average molecular weight is 354 g/mol. The van der Waals surface area contributed by atoms with Gasteiger partial charge in [0.2, 0.25) is 11.9 Å². The zero-order valence-electron chi connectivity index (χ0n) is 15.1. The number of carbonyl (C=O) groups is 2. The Balaban J connectivity index is 2.01. The SMILES string of the molecule is CCCn1c(NC(=O)c2cc(C)nn2CC)nc2cc(C(N)=O)ccc21. The Labute approximate surface area is 151 Å². The van der Waals surface area contributed by atoms with Crippen LogP contribution in [0.25, 0.3) is 11.0 Å². The van der Waals surface area contributed by atoms with Crippen LogP contribution in [0.3, 0.4) is 0 Å². The van der Waals surface area contributed by atoms with Gasteiger partial charge in [-0.1, -0.05) is 6.92 Å². The molecule has 0 radical (unpaired) electrons. The van der Waals surface area contributed by atoms with Crippen LogP contribution in [-0.4, -0.2) is 31.1 Å². The van der Waals surface area contributed by atoms with Crippen LogP contribution in [0.1, 0.15) is 46.8 Å². The maximum Gasteiger partial charge on any atom is 0.276 e. The molecule has 0 bridgehead atoms. The van der Waals surface area contributed by atoms with Crippen LogP contribution in [0, 0.1) is 6.92 Å². The van der Waals surface area contributed by atoms with Gasteiger partial charge in [0.25, 0.3) is 5.91 Å². The first-order valence-corrected chi connectivity index (χ1v) is 8.60. The highest BCUT2D eigenvalue weighted by atomic mass is 16.2. The fourth-order valence-electron chi connectivity index (χ4n) is 2.96. The van der Waals surface area contributed by atoms with Crippen LogP contribution < -0.4 is 11.1 Å². The largest absolute Gasteiger partial charge is 0.366 e. The van der Waals surface area contributed by atoms with Crippen molar-refractivity contribution in [1.29, 1.82) is 0 Å². The Bertz CT molecular complexity index is 985. The van der Waals surface area contributed by atoms with Crippen LogP contribution in [-0.2, 0) is 13.1 Å². The van der Waals surface area contributed by atoms with E-state index in [9.17, 15) is 9.59 Å². The number of anilines is 1. The average Bonchev–Trinajstić information content (AvgIpc) is 3.15. The third-order valence-electron chi connectivity index (χ3n) is 4.14. The molecule has 0 aliphatic heterocycles. The van der Waals surface area contributed by atoms with E-state index in [1.807, 2.05) is 25.3 Å². The minimum absolute atomic E-state index is 0.268. The Kier molecular flexibility index (Phi) is 4.75. The van der Waals surface area contributed by atoms with Gasteiger partial charge in [-0.05, 0) is 44.5 Å². The van der Waals surface area contributed by atoms with Crippen molar-refractivity contribution in [2.24, 2.45) is 5.73 Å². The highest BCUT2D eigenvalue weighted by Crippen LogP contribution is 2.22. The molecule has 0 aliphatic rings. The molecule has 2 amide bonds. The van der Waals surface area contributed by atoms with Crippen molar-refractivity contribution in [2.75, 3.05) is 5.32 Å². The molecule has 0 unspecified atom stereocenters. The van der Waals surface area contributed by atoms with E-state index in [-0.39, 0.29) is 5.91 Å². The molecule has 3 aromatic rings. The molecule has 0 aliphatic carbocycles. The molecular formula is C18H22N6O2. The fourth-order valence-corrected chi connectivity index (χ4v) is 2.96. The summed E-state index contributed by atoms with van der Waals surface area (Å²) in [6, 6.07) is 6.85. The van der Waals surface area contributed by atoms with Crippen molar-refractivity contribution >= 4 is 28.8 Å². The molecule has 136 valence electrons. The second-order valence-corrected chi connectivity index (χ2v) is 6.10. The minimum atomic E-state index is -0.509. The number of rotatable bonds is 6. The molecule has 8 heteroatoms. The van der Waals surface area contributed by atoms with E-state index in [1.165, 1.54) is 0 Å². The summed E-state index contributed by atoms with van der Waals surface area (Å²) >= 11 is 0. The van der Waals surface area contributed by atoms with Crippen molar-refractivity contribution in [3.8, 4) is 0 Å². The zero-order valence-corrected chi connectivity index (χ0v) is 15.1. The number of fused-ring (bicyclic) bond motifs is 1. The first kappa shape index (κ1) is 17.7. The summed E-state index contributed by atoms with van der Waals surface area (Å²) in [4.78, 5) is 28.6. The van der Waals surface area contributed by atoms with Gasteiger partial charge in [0.1, 0.15) is 5.69 Å². The van der Waals surface area contributed by atoms with Gasteiger partial charge < -0.3 is 10.3 Å². The van der Waals surface area contributed by atoms with Gasteiger partial charge in [-0.25, -0.2) is 4.98 Å². The normalized spacial score (nSPS) is 11.0. The molecule has 0 saturated heterocycles. The van der Waals surface area contributed by atoms with Gasteiger partial charge >= 0.3 is 0 Å². The number of nitrogens with zero attached hydrogens (tertiary/aromatic N) is 4. The molecule has 0 spiro atoms. The van der Waals surface area contributed by atoms with Crippen molar-refractivity contribution in [3.63, 3.8) is 0 Å². The van der Waals surface area contributed by atoms with E-state index < -0.39 is 5.91 Å². The van der Waals surface area contributed by atoms with E-state index in [1.54, 1.807) is 28.9 Å². The van der Waals surface area contributed by atoms with E-state index >= 15 is 0 Å². The Morgan fingerprint density at radius 2 is 2.00 bits per heavy atom. The molecule has 26 heavy (non-hydrogen) atoms. The number of carbonyl (C=O) groups excluding carboxylic acids is 2. The van der Waals surface area contributed by atoms with Crippen molar-refractivity contribution in [3.05, 3.63) is 41.2 Å². The third-order valence-corrected chi connectivity index (χ3v) is 4.14. The summed E-state index contributed by atoms with van der Waals surface area (Å²) in [6.45, 7) is 7.12. The van der Waals surface area contributed by atoms with E-state index in [0.717, 1.165) is 17.6 Å². The first-order valence-electron chi connectivity index (χ1n) is 8.60. The minimum Gasteiger partial charge on any atom is -0.366 e. The molecule has 1 aromatic carbocycles. The van der Waals surface area contributed by atoms with Crippen LogP contribution in [0.2, 0.25) is 0 Å². The maximum absolute atomic E-state index is 12.7. The van der Waals surface area contributed by atoms with Crippen molar-refractivity contribution in [1.82, 2.24) is 19.3 Å². The third kappa shape index (κ3) is 3.17. The molecule has 0 saturated carbocycles. The molecule has 0 atom stereocenters. The van der Waals surface area contributed by atoms with E-state index in [2.05, 4.69) is 15.4 Å². The highest BCUT2D eigenvalue weighted by Gasteiger charge is 2.18. The fraction of sp³-hybridized carbons (Fsp3) is 0.333. The smallest absolute Gasteiger partial charge is 0.276 e. The quantitative estimate of drug-likeness (QED) is 0.708. The predicted octanol–water partition coefficient (Wildman–Crippen LogP) is 2.32. The summed E-state index contributed by atoms with van der Waals surface area (Å²) in [5, 5.41) is 7.18. The molecule has 2 heterocycles. The van der Waals surface area contributed by atoms with Crippen molar-refractivity contribution < 1.29 is 9.59 Å². The second kappa shape index (κ2) is 6.99. The monoisotopic (exact) mass is 354 g/mol. The van der Waals surface area contributed by atoms with Gasteiger partial charge in [-0.3, -0.25) is 19.6 Å². The van der Waals surface area contributed by atoms with Gasteiger partial charge in [-0.2, -0.15) is 5.10 Å². The highest BCUT2D eigenvalue weighted by molar-refractivity contribution is 6.03. The number of nitrogens with two attached hydrogens (primary N) is 1. The molecule has 8 nitrogen and oxygen atoms in total. The lowest BCUT2D eigenvalue weighted by molar-refractivity contribution is 0.0996. The van der Waals surface area contributed by atoms with Crippen molar-refractivity contribution in [2.45, 2.75) is 40.3 Å². The zero-order chi connectivity index (χ0) is 18.8. The molecule has 2 aromatic heterocycles. The second-order valence-electron chi connectivity index (χ2n) is 6.10. The topological polar surface area (TPSA) is 108 Å². The number of benzene rings is 1. The van der Waals surface area contributed by atoms with Gasteiger partial charge in [0.05, 0.1) is 16.7 Å². The number of amides is 2. The van der Waals surface area contributed by atoms with Crippen LogP contribution in [0.4, 0.5) is 5.95 Å². The summed E-state index contributed by atoms with van der Waals surface area (Å²) in [5.74, 6) is -0.338. The number of aromatic nitrogens is 4. The van der Waals surface area contributed by atoms with Gasteiger partial charge in [-0.15, -0.1) is 0 Å². The lowest BCUT2D eigenvalue weighted by Crippen LogP contribution is -2.20. The summed E-state index contributed by atoms with van der Waals surface area (Å²) < 4.78 is 3.58. The first-order chi connectivity index (χ1) is 12.4. The van der Waals surface area contributed by atoms with E-state index in [4.69, 9.17) is 5.73 Å². The Morgan fingerprint density at radius 3 is 2.65 bits per heavy atom. The number of hydrogen-bond acceptors (Lipinski definition) is 4. The predicted molar refractivity (Wildman–Crippen MR) is 99.1 cm³/mol. The van der Waals surface area contributed by atoms with Gasteiger partial charge in [0, 0.05) is 18.7 Å². The number of hydrogen-bond donors (Lipinski definition) is 2. The molecule has 0 fully saturated rings. The number of aryl methyl sites for hydroxylation is 3. The Morgan fingerprint density at radius 1 is 1.23 bits per heavy atom. The molecule has 3 N–H and O–H groups in total. The van der Waals surface area contributed by atoms with Crippen LogP contribution in [0.5, 0.6) is 0 Å². The maximum atomic E-state index is 12.7. The molecule has 3 rings (SSSR count). The Hall–Kier alpha value is -3.16. The lowest BCUT2D eigenvalue weighted by atomic mass is 10.2. The van der Waals surface area contributed by atoms with Gasteiger partial charge in [0.15, 0.2) is 0 Å². The molecular weight excluding hydrogens is 332 g/mol. The number of nitrogens with one attached hydrogen (secondary N) is 1. The summed E-state index contributed by atoms with van der Waals surface area (Å²) in [6.07, 6.45) is 0.873. The van der Waals surface area contributed by atoms with Crippen LogP contribution >= 0.6 is 0 Å². The van der Waals surface area contributed by atoms with Crippen LogP contribution in [0.15, 0.2) is 24.3 Å². The standard InChI is InChI=1S/C18H22N6O2/c1-4-8-23-14-7-6-12(16(19)25)10-13(14)20-18(23)21-17(26)15-9-11(3)22-24(15)5-2/h6-7,9-10H,4-5,8H2,1-3H3,(H2,19,25)(H,20,21,26). The summed E-state index contributed by atoms with van der Waals surface area (Å²) in [7, 11) is 0. The number of imidazole rings is 1. The number of primary amides is 1. The van der Waals surface area contributed by atoms with E-state index in [0.29, 0.717) is 35.8 Å². The lowest BCUT2D eigenvalue weighted by Gasteiger charge is -2.09.